The first-order chi connectivity index (χ1) is 22.8. The predicted molar refractivity (Wildman–Crippen MR) is 215 cm³/mol. The van der Waals surface area contributed by atoms with Crippen LogP contribution in [0.25, 0.3) is 11.1 Å². The summed E-state index contributed by atoms with van der Waals surface area (Å²) in [5.41, 5.74) is 31.2. The highest BCUT2D eigenvalue weighted by atomic mass is 14.6. The van der Waals surface area contributed by atoms with Crippen molar-refractivity contribution in [2.45, 2.75) is 144 Å². The van der Waals surface area contributed by atoms with E-state index in [4.69, 9.17) is 0 Å². The summed E-state index contributed by atoms with van der Waals surface area (Å²) in [6.45, 7) is 43.8. The molecule has 0 nitrogen and oxygen atoms in total. The lowest BCUT2D eigenvalue weighted by Crippen LogP contribution is -2.30. The smallest absolute Gasteiger partial charge is 0.00820 e. The number of fused-ring (bicyclic) bond motifs is 2. The van der Waals surface area contributed by atoms with Crippen LogP contribution in [0.15, 0.2) is 33.4 Å². The summed E-state index contributed by atoms with van der Waals surface area (Å²) in [4.78, 5) is 0. The third-order valence-electron chi connectivity index (χ3n) is 16.4. The molecule has 4 aliphatic rings. The van der Waals surface area contributed by atoms with Crippen LogP contribution in [-0.4, -0.2) is 0 Å². The van der Waals surface area contributed by atoms with Crippen LogP contribution in [0.2, 0.25) is 0 Å². The fourth-order valence-corrected chi connectivity index (χ4v) is 12.3. The van der Waals surface area contributed by atoms with Crippen molar-refractivity contribution in [3.8, 4) is 0 Å². The van der Waals surface area contributed by atoms with Gasteiger partial charge in [-0.15, -0.1) is 0 Å². The Hall–Kier alpha value is -2.60. The maximum Gasteiger partial charge on any atom is -0.00820 e. The molecule has 0 radical (unpaired) electrons. The second-order valence-electron chi connectivity index (χ2n) is 17.9. The molecule has 8 atom stereocenters. The van der Waals surface area contributed by atoms with E-state index in [9.17, 15) is 0 Å². The molecule has 0 aliphatic heterocycles. The summed E-state index contributed by atoms with van der Waals surface area (Å²) in [5.74, 6) is 5.49. The van der Waals surface area contributed by atoms with Crippen molar-refractivity contribution < 1.29 is 0 Å². The monoisotopic (exact) mass is 657 g/mol. The van der Waals surface area contributed by atoms with Crippen molar-refractivity contribution in [1.82, 2.24) is 0 Å². The molecule has 0 N–H and O–H groups in total. The number of hydrogen-bond acceptors (Lipinski definition) is 0. The molecule has 4 aliphatic carbocycles. The van der Waals surface area contributed by atoms with Crippen molar-refractivity contribution >= 4 is 11.1 Å². The Morgan fingerprint density at radius 1 is 0.367 bits per heavy atom. The second kappa shape index (κ2) is 12.6. The summed E-state index contributed by atoms with van der Waals surface area (Å²) < 4.78 is 0. The van der Waals surface area contributed by atoms with Crippen LogP contribution >= 0.6 is 0 Å². The SMILES string of the molecule is CC1=C(c2c(C)c(C)c(C)c(C)c2C)C2CC(C)C(CC3C(C)CC4C(c5c(C)c(C)c(C)c(C)c5C)=C(C)C(C)=C(C)C43)C2C(C)=C1C. The summed E-state index contributed by atoms with van der Waals surface area (Å²) in [5, 5.41) is 0. The van der Waals surface area contributed by atoms with Crippen LogP contribution < -0.4 is 0 Å². The van der Waals surface area contributed by atoms with Crippen LogP contribution in [0, 0.1) is 117 Å². The van der Waals surface area contributed by atoms with Crippen molar-refractivity contribution in [2.75, 3.05) is 0 Å². The van der Waals surface area contributed by atoms with E-state index < -0.39 is 0 Å². The lowest BCUT2D eigenvalue weighted by atomic mass is 9.64. The van der Waals surface area contributed by atoms with E-state index in [1.54, 1.807) is 55.7 Å². The Morgan fingerprint density at radius 2 is 0.633 bits per heavy atom. The number of allylic oxidation sites excluding steroid dienone is 8. The lowest BCUT2D eigenvalue weighted by molar-refractivity contribution is 0.215. The Bertz CT molecular complexity index is 1700. The molecule has 0 aromatic heterocycles. The van der Waals surface area contributed by atoms with Gasteiger partial charge < -0.3 is 0 Å². The summed E-state index contributed by atoms with van der Waals surface area (Å²) in [6, 6.07) is 0. The number of rotatable bonds is 4. The van der Waals surface area contributed by atoms with Crippen LogP contribution in [0.4, 0.5) is 0 Å². The van der Waals surface area contributed by atoms with E-state index in [0.717, 1.165) is 23.7 Å². The summed E-state index contributed by atoms with van der Waals surface area (Å²) in [6.07, 6.45) is 4.02. The molecule has 0 heterocycles. The van der Waals surface area contributed by atoms with Gasteiger partial charge in [0.05, 0.1) is 0 Å². The van der Waals surface area contributed by atoms with E-state index in [1.165, 1.54) is 74.9 Å². The summed E-state index contributed by atoms with van der Waals surface area (Å²) in [7, 11) is 0. The molecule has 49 heavy (non-hydrogen) atoms. The van der Waals surface area contributed by atoms with Crippen LogP contribution in [0.5, 0.6) is 0 Å². The van der Waals surface area contributed by atoms with Crippen LogP contribution in [0.1, 0.15) is 141 Å². The summed E-state index contributed by atoms with van der Waals surface area (Å²) >= 11 is 0. The molecule has 0 bridgehead atoms. The first-order valence-corrected chi connectivity index (χ1v) is 19.8. The van der Waals surface area contributed by atoms with E-state index in [-0.39, 0.29) is 0 Å². The maximum atomic E-state index is 2.62. The topological polar surface area (TPSA) is 0 Å². The van der Waals surface area contributed by atoms with Crippen molar-refractivity contribution in [3.63, 3.8) is 0 Å². The van der Waals surface area contributed by atoms with Gasteiger partial charge in [-0.1, -0.05) is 25.0 Å². The second-order valence-corrected chi connectivity index (χ2v) is 17.9. The first kappa shape index (κ1) is 36.2. The van der Waals surface area contributed by atoms with E-state index >= 15 is 0 Å². The van der Waals surface area contributed by atoms with Gasteiger partial charge in [-0.25, -0.2) is 0 Å². The molecule has 6 rings (SSSR count). The molecule has 2 saturated carbocycles. The normalized spacial score (nSPS) is 30.2. The zero-order chi connectivity index (χ0) is 36.3. The maximum absolute atomic E-state index is 2.62. The molecule has 2 aromatic carbocycles. The average Bonchev–Trinajstić information content (AvgIpc) is 3.57. The highest BCUT2D eigenvalue weighted by Gasteiger charge is 2.52. The average molecular weight is 657 g/mol. The third-order valence-corrected chi connectivity index (χ3v) is 16.4. The predicted octanol–water partition coefficient (Wildman–Crippen LogP) is 13.9. The van der Waals surface area contributed by atoms with Gasteiger partial charge in [0.1, 0.15) is 0 Å². The Kier molecular flexibility index (Phi) is 9.28. The van der Waals surface area contributed by atoms with Crippen molar-refractivity contribution in [2.24, 2.45) is 47.3 Å². The lowest BCUT2D eigenvalue weighted by Gasteiger charge is -2.40. The van der Waals surface area contributed by atoms with Gasteiger partial charge in [-0.05, 0) is 278 Å². The molecule has 0 amide bonds. The Morgan fingerprint density at radius 3 is 0.918 bits per heavy atom. The van der Waals surface area contributed by atoms with Gasteiger partial charge in [0, 0.05) is 0 Å². The van der Waals surface area contributed by atoms with E-state index in [2.05, 4.69) is 125 Å². The minimum Gasteiger partial charge on any atom is -0.0661 e. The minimum atomic E-state index is 0.626. The third kappa shape index (κ3) is 5.11. The van der Waals surface area contributed by atoms with Gasteiger partial charge in [0.15, 0.2) is 0 Å². The molecular formula is C49H68. The molecular weight excluding hydrogens is 589 g/mol. The van der Waals surface area contributed by atoms with Gasteiger partial charge >= 0.3 is 0 Å². The van der Waals surface area contributed by atoms with E-state index in [1.807, 2.05) is 0 Å². The van der Waals surface area contributed by atoms with E-state index in [0.29, 0.717) is 23.7 Å². The Balaban J connectivity index is 1.42. The fraction of sp³-hybridized carbons (Fsp3) is 0.592. The molecule has 2 aromatic rings. The number of benzene rings is 2. The van der Waals surface area contributed by atoms with Crippen molar-refractivity contribution in [3.05, 3.63) is 100 Å². The largest absolute Gasteiger partial charge is 0.0661 e. The highest BCUT2D eigenvalue weighted by Crippen LogP contribution is 2.62. The minimum absolute atomic E-state index is 0.626. The standard InChI is InChI=1S/C49H68/c1-22-19-42-46(36(15)30(9)38(17)48(42)44-32(11)26(5)24(3)27(6)33(44)12)40(22)21-41-23(2)20-43-47(41)37(16)31(10)39(18)49(43)45-34(13)28(7)25(4)29(8)35(45)14/h22-23,40-43,46-47H,19-21H2,1-18H3. The molecule has 264 valence electrons. The van der Waals surface area contributed by atoms with Gasteiger partial charge in [0.25, 0.3) is 0 Å². The zero-order valence-electron chi connectivity index (χ0n) is 34.7. The van der Waals surface area contributed by atoms with Crippen LogP contribution in [0.3, 0.4) is 0 Å². The molecule has 2 fully saturated rings. The van der Waals surface area contributed by atoms with Gasteiger partial charge in [-0.2, -0.15) is 0 Å². The quantitative estimate of drug-likeness (QED) is 0.307. The zero-order valence-corrected chi connectivity index (χ0v) is 34.7. The molecule has 0 heteroatoms. The first-order valence-electron chi connectivity index (χ1n) is 19.8. The Labute approximate surface area is 301 Å². The van der Waals surface area contributed by atoms with Crippen molar-refractivity contribution in [1.29, 1.82) is 0 Å². The van der Waals surface area contributed by atoms with Gasteiger partial charge in [-0.3, -0.25) is 0 Å². The number of hydrogen-bond donors (Lipinski definition) is 0. The molecule has 0 spiro atoms. The van der Waals surface area contributed by atoms with Crippen LogP contribution in [-0.2, 0) is 0 Å². The molecule has 0 saturated heterocycles. The highest BCUT2D eigenvalue weighted by molar-refractivity contribution is 5.83. The molecule has 8 unspecified atom stereocenters. The van der Waals surface area contributed by atoms with Gasteiger partial charge in [0.2, 0.25) is 0 Å². The fourth-order valence-electron chi connectivity index (χ4n) is 12.3.